The Kier molecular flexibility index (Phi) is 10.1. The van der Waals surface area contributed by atoms with Crippen molar-refractivity contribution in [1.82, 2.24) is 5.32 Å². The number of rotatable bonds is 12. The molecule has 2 rings (SSSR count). The van der Waals surface area contributed by atoms with Crippen LogP contribution in [0.3, 0.4) is 0 Å². The highest BCUT2D eigenvalue weighted by atomic mass is 16.5. The molecule has 0 aromatic heterocycles. The van der Waals surface area contributed by atoms with Crippen molar-refractivity contribution in [2.45, 2.75) is 65.3 Å². The molecule has 32 heavy (non-hydrogen) atoms. The zero-order valence-corrected chi connectivity index (χ0v) is 19.8. The summed E-state index contributed by atoms with van der Waals surface area (Å²) in [5, 5.41) is 8.87. The van der Waals surface area contributed by atoms with E-state index in [4.69, 9.17) is 4.74 Å². The Morgan fingerprint density at radius 1 is 0.906 bits per heavy atom. The molecule has 2 amide bonds. The lowest BCUT2D eigenvalue weighted by atomic mass is 10.1. The van der Waals surface area contributed by atoms with Crippen LogP contribution in [0, 0.1) is 0 Å². The summed E-state index contributed by atoms with van der Waals surface area (Å²) in [7, 11) is 0. The van der Waals surface area contributed by atoms with E-state index in [1.165, 1.54) is 25.7 Å². The molecule has 0 atom stereocenters. The van der Waals surface area contributed by atoms with Gasteiger partial charge in [-0.1, -0.05) is 44.7 Å². The van der Waals surface area contributed by atoms with Gasteiger partial charge in [0, 0.05) is 28.5 Å². The molecule has 6 heteroatoms. The zero-order chi connectivity index (χ0) is 23.4. The fourth-order valence-corrected chi connectivity index (χ4v) is 3.13. The second-order valence-electron chi connectivity index (χ2n) is 8.98. The standard InChI is InChI=1S/C26H37N3O3/c1-5-6-7-8-9-16-32-23-15-11-13-21(18-23)27-19-24(30)28-22-14-10-12-20(17-22)25(31)29-26(2,3)4/h10-15,17-18,27H,5-9,16,19H2,1-4H3,(H,28,30)(H,29,31). The number of hydrogen-bond donors (Lipinski definition) is 3. The van der Waals surface area contributed by atoms with E-state index in [-0.39, 0.29) is 23.9 Å². The lowest BCUT2D eigenvalue weighted by Gasteiger charge is -2.20. The molecule has 0 aliphatic rings. The molecule has 0 bridgehead atoms. The number of benzene rings is 2. The summed E-state index contributed by atoms with van der Waals surface area (Å²) in [4.78, 5) is 24.7. The van der Waals surface area contributed by atoms with Crippen molar-refractivity contribution in [2.24, 2.45) is 0 Å². The highest BCUT2D eigenvalue weighted by molar-refractivity contribution is 5.98. The Hall–Kier alpha value is -3.02. The molecular formula is C26H37N3O3. The molecule has 0 saturated heterocycles. The third-order valence-corrected chi connectivity index (χ3v) is 4.70. The van der Waals surface area contributed by atoms with Gasteiger partial charge < -0.3 is 20.7 Å². The number of ether oxygens (including phenoxy) is 1. The smallest absolute Gasteiger partial charge is 0.251 e. The molecule has 0 saturated carbocycles. The fraction of sp³-hybridized carbons (Fsp3) is 0.462. The SMILES string of the molecule is CCCCCCCOc1cccc(NCC(=O)Nc2cccc(C(=O)NC(C)(C)C)c2)c1. The van der Waals surface area contributed by atoms with Crippen molar-refractivity contribution in [2.75, 3.05) is 23.8 Å². The van der Waals surface area contributed by atoms with E-state index in [0.29, 0.717) is 17.9 Å². The molecule has 2 aromatic carbocycles. The van der Waals surface area contributed by atoms with E-state index >= 15 is 0 Å². The molecule has 0 spiro atoms. The van der Waals surface area contributed by atoms with Gasteiger partial charge in [0.25, 0.3) is 5.91 Å². The van der Waals surface area contributed by atoms with Gasteiger partial charge >= 0.3 is 0 Å². The highest BCUT2D eigenvalue weighted by Gasteiger charge is 2.15. The van der Waals surface area contributed by atoms with E-state index in [9.17, 15) is 9.59 Å². The molecule has 174 valence electrons. The minimum Gasteiger partial charge on any atom is -0.494 e. The summed E-state index contributed by atoms with van der Waals surface area (Å²) in [6, 6.07) is 14.5. The minimum atomic E-state index is -0.326. The van der Waals surface area contributed by atoms with Crippen LogP contribution in [-0.4, -0.2) is 30.5 Å². The first-order valence-corrected chi connectivity index (χ1v) is 11.5. The molecule has 0 fully saturated rings. The van der Waals surface area contributed by atoms with Gasteiger partial charge in [0.05, 0.1) is 13.2 Å². The number of carbonyl (C=O) groups is 2. The molecule has 3 N–H and O–H groups in total. The van der Waals surface area contributed by atoms with Gasteiger partial charge in [0.15, 0.2) is 0 Å². The van der Waals surface area contributed by atoms with E-state index in [0.717, 1.165) is 17.9 Å². The number of nitrogens with one attached hydrogen (secondary N) is 3. The number of amides is 2. The summed E-state index contributed by atoms with van der Waals surface area (Å²) in [5.74, 6) is 0.429. The Bertz CT molecular complexity index is 875. The minimum absolute atomic E-state index is 0.110. The van der Waals surface area contributed by atoms with Crippen LogP contribution in [0.15, 0.2) is 48.5 Å². The maximum atomic E-state index is 12.4. The fourth-order valence-electron chi connectivity index (χ4n) is 3.13. The van der Waals surface area contributed by atoms with Gasteiger partial charge in [-0.15, -0.1) is 0 Å². The quantitative estimate of drug-likeness (QED) is 0.375. The highest BCUT2D eigenvalue weighted by Crippen LogP contribution is 2.18. The summed E-state index contributed by atoms with van der Waals surface area (Å²) in [5.41, 5.74) is 1.58. The molecule has 6 nitrogen and oxygen atoms in total. The molecule has 0 heterocycles. The number of unbranched alkanes of at least 4 members (excludes halogenated alkanes) is 4. The predicted octanol–water partition coefficient (Wildman–Crippen LogP) is 5.61. The second-order valence-corrected chi connectivity index (χ2v) is 8.98. The Labute approximate surface area is 192 Å². The van der Waals surface area contributed by atoms with Crippen LogP contribution in [-0.2, 0) is 4.79 Å². The van der Waals surface area contributed by atoms with Crippen LogP contribution in [0.4, 0.5) is 11.4 Å². The van der Waals surface area contributed by atoms with Crippen molar-refractivity contribution in [1.29, 1.82) is 0 Å². The average molecular weight is 440 g/mol. The van der Waals surface area contributed by atoms with Crippen molar-refractivity contribution < 1.29 is 14.3 Å². The van der Waals surface area contributed by atoms with Gasteiger partial charge in [-0.2, -0.15) is 0 Å². The maximum absolute atomic E-state index is 12.4. The first kappa shape index (κ1) is 25.2. The first-order valence-electron chi connectivity index (χ1n) is 11.5. The Morgan fingerprint density at radius 3 is 2.38 bits per heavy atom. The lowest BCUT2D eigenvalue weighted by molar-refractivity contribution is -0.114. The van der Waals surface area contributed by atoms with Crippen LogP contribution >= 0.6 is 0 Å². The summed E-state index contributed by atoms with van der Waals surface area (Å²) < 4.78 is 5.82. The largest absolute Gasteiger partial charge is 0.494 e. The second kappa shape index (κ2) is 12.7. The summed E-state index contributed by atoms with van der Waals surface area (Å²) in [6.45, 7) is 8.80. The first-order chi connectivity index (χ1) is 15.3. The van der Waals surface area contributed by atoms with Crippen LogP contribution in [0.2, 0.25) is 0 Å². The van der Waals surface area contributed by atoms with E-state index in [1.54, 1.807) is 24.3 Å². The number of hydrogen-bond acceptors (Lipinski definition) is 4. The third kappa shape index (κ3) is 9.86. The van der Waals surface area contributed by atoms with Crippen molar-refractivity contribution in [3.63, 3.8) is 0 Å². The molecule has 0 aliphatic heterocycles. The predicted molar refractivity (Wildman–Crippen MR) is 131 cm³/mol. The van der Waals surface area contributed by atoms with Crippen LogP contribution in [0.1, 0.15) is 70.2 Å². The monoisotopic (exact) mass is 439 g/mol. The summed E-state index contributed by atoms with van der Waals surface area (Å²) >= 11 is 0. The van der Waals surface area contributed by atoms with Gasteiger partial charge in [-0.3, -0.25) is 9.59 Å². The topological polar surface area (TPSA) is 79.5 Å². The lowest BCUT2D eigenvalue weighted by Crippen LogP contribution is -2.40. The third-order valence-electron chi connectivity index (χ3n) is 4.70. The number of anilines is 2. The molecule has 2 aromatic rings. The van der Waals surface area contributed by atoms with Crippen LogP contribution in [0.5, 0.6) is 5.75 Å². The van der Waals surface area contributed by atoms with E-state index in [2.05, 4.69) is 22.9 Å². The van der Waals surface area contributed by atoms with E-state index in [1.807, 2.05) is 45.0 Å². The number of carbonyl (C=O) groups excluding carboxylic acids is 2. The van der Waals surface area contributed by atoms with Crippen LogP contribution in [0.25, 0.3) is 0 Å². The van der Waals surface area contributed by atoms with E-state index < -0.39 is 0 Å². The molecule has 0 radical (unpaired) electrons. The molecule has 0 unspecified atom stereocenters. The van der Waals surface area contributed by atoms with Gasteiger partial charge in [-0.05, 0) is 57.5 Å². The van der Waals surface area contributed by atoms with Gasteiger partial charge in [-0.25, -0.2) is 0 Å². The Morgan fingerprint density at radius 2 is 1.62 bits per heavy atom. The Balaban J connectivity index is 1.81. The van der Waals surface area contributed by atoms with Gasteiger partial charge in [0.2, 0.25) is 5.91 Å². The zero-order valence-electron chi connectivity index (χ0n) is 19.8. The van der Waals surface area contributed by atoms with Gasteiger partial charge in [0.1, 0.15) is 5.75 Å². The maximum Gasteiger partial charge on any atom is 0.251 e. The normalized spacial score (nSPS) is 11.0. The summed E-state index contributed by atoms with van der Waals surface area (Å²) in [6.07, 6.45) is 5.99. The van der Waals surface area contributed by atoms with Crippen molar-refractivity contribution in [3.8, 4) is 5.75 Å². The van der Waals surface area contributed by atoms with Crippen molar-refractivity contribution >= 4 is 23.2 Å². The average Bonchev–Trinajstić information content (AvgIpc) is 2.74. The molecular weight excluding hydrogens is 402 g/mol. The molecule has 0 aliphatic carbocycles. The van der Waals surface area contributed by atoms with Crippen molar-refractivity contribution in [3.05, 3.63) is 54.1 Å². The van der Waals surface area contributed by atoms with Crippen LogP contribution < -0.4 is 20.7 Å².